The summed E-state index contributed by atoms with van der Waals surface area (Å²) in [5.74, 6) is -1.04. The molecule has 0 bridgehead atoms. The molecule has 0 fully saturated rings. The van der Waals surface area contributed by atoms with Crippen LogP contribution in [-0.2, 0) is 11.2 Å². The third-order valence-corrected chi connectivity index (χ3v) is 2.27. The topological polar surface area (TPSA) is 78.2 Å². The van der Waals surface area contributed by atoms with Crippen LogP contribution in [0.4, 0.5) is 0 Å². The lowest BCUT2D eigenvalue weighted by molar-refractivity contribution is -0.136. The van der Waals surface area contributed by atoms with Gasteiger partial charge in [-0.1, -0.05) is 15.9 Å². The number of halogens is 1. The molecular formula is C10H6BrNO3. The maximum absolute atomic E-state index is 10.7. The molecule has 0 radical (unpaired) electrons. The van der Waals surface area contributed by atoms with Crippen molar-refractivity contribution in [3.63, 3.8) is 0 Å². The predicted molar refractivity (Wildman–Crippen MR) is 55.6 cm³/mol. The maximum Gasteiger partial charge on any atom is 0.307 e. The molecule has 1 aromatic carbocycles. The van der Waals surface area contributed by atoms with Crippen LogP contribution in [0.2, 0.25) is 0 Å². The van der Waals surface area contributed by atoms with Crippen molar-refractivity contribution < 1.29 is 14.7 Å². The van der Waals surface area contributed by atoms with E-state index in [-0.39, 0.29) is 17.5 Å². The van der Waals surface area contributed by atoms with Gasteiger partial charge in [0.25, 0.3) is 0 Å². The minimum Gasteiger partial charge on any atom is -0.481 e. The largest absolute Gasteiger partial charge is 0.481 e. The van der Waals surface area contributed by atoms with Gasteiger partial charge in [0, 0.05) is 10.0 Å². The zero-order chi connectivity index (χ0) is 11.4. The van der Waals surface area contributed by atoms with E-state index >= 15 is 0 Å². The molecule has 0 spiro atoms. The Kier molecular flexibility index (Phi) is 3.58. The lowest BCUT2D eigenvalue weighted by Gasteiger charge is -2.04. The molecule has 1 N–H and O–H groups in total. The Labute approximate surface area is 94.3 Å². The van der Waals surface area contributed by atoms with Gasteiger partial charge in [-0.05, 0) is 17.7 Å². The molecule has 0 saturated heterocycles. The smallest absolute Gasteiger partial charge is 0.307 e. The SMILES string of the molecule is N#Cc1cc(Br)cc(CC(=O)O)c1C=O. The van der Waals surface area contributed by atoms with Gasteiger partial charge in [-0.25, -0.2) is 0 Å². The van der Waals surface area contributed by atoms with E-state index in [4.69, 9.17) is 10.4 Å². The highest BCUT2D eigenvalue weighted by Crippen LogP contribution is 2.20. The van der Waals surface area contributed by atoms with E-state index in [9.17, 15) is 9.59 Å². The molecular weight excluding hydrogens is 262 g/mol. The van der Waals surface area contributed by atoms with Gasteiger partial charge < -0.3 is 5.11 Å². The number of carbonyl (C=O) groups excluding carboxylic acids is 1. The Balaban J connectivity index is 3.36. The number of carboxylic acids is 1. The van der Waals surface area contributed by atoms with E-state index in [1.165, 1.54) is 12.1 Å². The Morgan fingerprint density at radius 2 is 2.27 bits per heavy atom. The van der Waals surface area contributed by atoms with Gasteiger partial charge in [-0.3, -0.25) is 9.59 Å². The molecule has 0 heterocycles. The fourth-order valence-corrected chi connectivity index (χ4v) is 1.72. The average molecular weight is 268 g/mol. The summed E-state index contributed by atoms with van der Waals surface area (Å²) < 4.78 is 0.584. The van der Waals surface area contributed by atoms with E-state index in [0.29, 0.717) is 16.3 Å². The van der Waals surface area contributed by atoms with Crippen molar-refractivity contribution in [3.8, 4) is 6.07 Å². The number of aldehydes is 1. The molecule has 0 unspecified atom stereocenters. The molecule has 0 atom stereocenters. The van der Waals surface area contributed by atoms with E-state index in [2.05, 4.69) is 15.9 Å². The van der Waals surface area contributed by atoms with Crippen LogP contribution in [-0.4, -0.2) is 17.4 Å². The fourth-order valence-electron chi connectivity index (χ4n) is 1.22. The predicted octanol–water partition coefficient (Wildman–Crippen LogP) is 1.76. The third-order valence-electron chi connectivity index (χ3n) is 1.81. The molecule has 0 aliphatic carbocycles. The van der Waals surface area contributed by atoms with Gasteiger partial charge in [0.1, 0.15) is 0 Å². The van der Waals surface area contributed by atoms with Crippen LogP contribution in [0.1, 0.15) is 21.5 Å². The van der Waals surface area contributed by atoms with Gasteiger partial charge in [-0.2, -0.15) is 5.26 Å². The van der Waals surface area contributed by atoms with Crippen molar-refractivity contribution in [2.75, 3.05) is 0 Å². The highest BCUT2D eigenvalue weighted by molar-refractivity contribution is 9.10. The van der Waals surface area contributed by atoms with Gasteiger partial charge in [0.2, 0.25) is 0 Å². The number of hydrogen-bond donors (Lipinski definition) is 1. The standard InChI is InChI=1S/C10H6BrNO3/c11-8-1-6(3-10(14)15)9(5-13)7(2-8)4-12/h1-2,5H,3H2,(H,14,15). The molecule has 0 amide bonds. The highest BCUT2D eigenvalue weighted by Gasteiger charge is 2.12. The van der Waals surface area contributed by atoms with Gasteiger partial charge >= 0.3 is 5.97 Å². The first-order valence-electron chi connectivity index (χ1n) is 3.98. The summed E-state index contributed by atoms with van der Waals surface area (Å²) >= 11 is 3.15. The molecule has 1 aromatic rings. The van der Waals surface area contributed by atoms with Crippen LogP contribution in [0.3, 0.4) is 0 Å². The number of carbonyl (C=O) groups is 2. The minimum atomic E-state index is -1.04. The summed E-state index contributed by atoms with van der Waals surface area (Å²) in [6.45, 7) is 0. The number of aliphatic carboxylic acids is 1. The van der Waals surface area contributed by atoms with E-state index in [0.717, 1.165) is 0 Å². The first-order chi connectivity index (χ1) is 7.08. The van der Waals surface area contributed by atoms with Gasteiger partial charge in [0.05, 0.1) is 18.1 Å². The van der Waals surface area contributed by atoms with Crippen molar-refractivity contribution in [1.29, 1.82) is 5.26 Å². The second-order valence-corrected chi connectivity index (χ2v) is 3.74. The van der Waals surface area contributed by atoms with Crippen molar-refractivity contribution >= 4 is 28.2 Å². The molecule has 1 rings (SSSR count). The molecule has 0 aromatic heterocycles. The van der Waals surface area contributed by atoms with Gasteiger partial charge in [-0.15, -0.1) is 0 Å². The lowest BCUT2D eigenvalue weighted by atomic mass is 10.0. The zero-order valence-corrected chi connectivity index (χ0v) is 9.11. The average Bonchev–Trinajstić information content (AvgIpc) is 2.15. The minimum absolute atomic E-state index is 0.142. The maximum atomic E-state index is 10.7. The van der Waals surface area contributed by atoms with E-state index < -0.39 is 5.97 Å². The van der Waals surface area contributed by atoms with E-state index in [1.807, 2.05) is 6.07 Å². The quantitative estimate of drug-likeness (QED) is 0.847. The molecule has 4 nitrogen and oxygen atoms in total. The summed E-state index contributed by atoms with van der Waals surface area (Å²) in [6, 6.07) is 4.85. The molecule has 0 aliphatic heterocycles. The normalized spacial score (nSPS) is 9.33. The first-order valence-corrected chi connectivity index (χ1v) is 4.77. The summed E-state index contributed by atoms with van der Waals surface area (Å²) in [5, 5.41) is 17.4. The first kappa shape index (κ1) is 11.4. The highest BCUT2D eigenvalue weighted by atomic mass is 79.9. The third kappa shape index (κ3) is 2.64. The van der Waals surface area contributed by atoms with Crippen LogP contribution in [0.5, 0.6) is 0 Å². The molecule has 0 saturated carbocycles. The number of nitriles is 1. The van der Waals surface area contributed by atoms with E-state index in [1.54, 1.807) is 0 Å². The van der Waals surface area contributed by atoms with Crippen molar-refractivity contribution in [3.05, 3.63) is 33.3 Å². The Morgan fingerprint density at radius 3 is 2.73 bits per heavy atom. The molecule has 5 heteroatoms. The number of hydrogen-bond acceptors (Lipinski definition) is 3. The van der Waals surface area contributed by atoms with Crippen molar-refractivity contribution in [2.24, 2.45) is 0 Å². The number of carboxylic acid groups (broad SMARTS) is 1. The number of nitrogens with zero attached hydrogens (tertiary/aromatic N) is 1. The zero-order valence-electron chi connectivity index (χ0n) is 7.53. The summed E-state index contributed by atoms with van der Waals surface area (Å²) in [6.07, 6.45) is 0.228. The Hall–Kier alpha value is -1.67. The monoisotopic (exact) mass is 267 g/mol. The Bertz CT molecular complexity index is 462. The second kappa shape index (κ2) is 4.71. The molecule has 76 valence electrons. The van der Waals surface area contributed by atoms with Crippen LogP contribution in [0, 0.1) is 11.3 Å². The van der Waals surface area contributed by atoms with Gasteiger partial charge in [0.15, 0.2) is 6.29 Å². The fraction of sp³-hybridized carbons (Fsp3) is 0.100. The van der Waals surface area contributed by atoms with Crippen molar-refractivity contribution in [2.45, 2.75) is 6.42 Å². The van der Waals surface area contributed by atoms with Crippen LogP contribution in [0.25, 0.3) is 0 Å². The lowest BCUT2D eigenvalue weighted by Crippen LogP contribution is -2.05. The van der Waals surface area contributed by atoms with Crippen LogP contribution < -0.4 is 0 Å². The van der Waals surface area contributed by atoms with Crippen molar-refractivity contribution in [1.82, 2.24) is 0 Å². The number of benzene rings is 1. The molecule has 0 aliphatic rings. The summed E-state index contributed by atoms with van der Waals surface area (Å²) in [5.41, 5.74) is 0.655. The Morgan fingerprint density at radius 1 is 1.60 bits per heavy atom. The van der Waals surface area contributed by atoms with Crippen LogP contribution >= 0.6 is 15.9 Å². The molecule has 15 heavy (non-hydrogen) atoms. The number of rotatable bonds is 3. The summed E-state index contributed by atoms with van der Waals surface area (Å²) in [7, 11) is 0. The second-order valence-electron chi connectivity index (χ2n) is 2.83. The van der Waals surface area contributed by atoms with Crippen LogP contribution in [0.15, 0.2) is 16.6 Å². The summed E-state index contributed by atoms with van der Waals surface area (Å²) in [4.78, 5) is 21.3.